The van der Waals surface area contributed by atoms with Gasteiger partial charge < -0.3 is 4.57 Å². The van der Waals surface area contributed by atoms with Gasteiger partial charge in [-0.15, -0.1) is 0 Å². The molecule has 0 unspecified atom stereocenters. The second kappa shape index (κ2) is 7.89. The van der Waals surface area contributed by atoms with E-state index in [4.69, 9.17) is 11.6 Å². The van der Waals surface area contributed by atoms with Crippen LogP contribution in [0.4, 0.5) is 0 Å². The number of nitrogens with one attached hydrogen (secondary N) is 1. The maximum absolute atomic E-state index is 12.1. The molecule has 1 N–H and O–H groups in total. The summed E-state index contributed by atoms with van der Waals surface area (Å²) in [5.41, 5.74) is 7.05. The third-order valence-corrected chi connectivity index (χ3v) is 4.90. The third kappa shape index (κ3) is 3.89. The summed E-state index contributed by atoms with van der Waals surface area (Å²) >= 11 is 9.48. The number of nitrogens with zero attached hydrogens (tertiary/aromatic N) is 2. The highest BCUT2D eigenvalue weighted by molar-refractivity contribution is 9.10. The van der Waals surface area contributed by atoms with Crippen LogP contribution in [0.3, 0.4) is 0 Å². The van der Waals surface area contributed by atoms with E-state index in [1.165, 1.54) is 0 Å². The molecule has 4 nitrogen and oxygen atoms in total. The maximum atomic E-state index is 12.1. The van der Waals surface area contributed by atoms with E-state index in [1.54, 1.807) is 30.5 Å². The van der Waals surface area contributed by atoms with E-state index < -0.39 is 0 Å². The van der Waals surface area contributed by atoms with E-state index in [2.05, 4.69) is 31.0 Å². The summed E-state index contributed by atoms with van der Waals surface area (Å²) in [6.45, 7) is 4.06. The van der Waals surface area contributed by atoms with Crippen molar-refractivity contribution >= 4 is 39.7 Å². The molecule has 0 fully saturated rings. The van der Waals surface area contributed by atoms with Crippen molar-refractivity contribution in [2.45, 2.75) is 13.8 Å². The second-order valence-electron chi connectivity index (χ2n) is 5.82. The number of hydrogen-bond acceptors (Lipinski definition) is 2. The first kappa shape index (κ1) is 18.4. The van der Waals surface area contributed by atoms with Gasteiger partial charge >= 0.3 is 0 Å². The fourth-order valence-electron chi connectivity index (χ4n) is 2.77. The zero-order chi connectivity index (χ0) is 18.7. The molecule has 0 saturated heterocycles. The van der Waals surface area contributed by atoms with Crippen molar-refractivity contribution in [1.82, 2.24) is 9.99 Å². The SMILES string of the molecule is Cc1cc(/C=N\NC(=O)c2ccccc2Cl)c(C)n1-c1ccc(Br)cc1. The van der Waals surface area contributed by atoms with Gasteiger partial charge in [0, 0.05) is 27.1 Å². The number of carbonyl (C=O) groups is 1. The molecule has 1 amide bonds. The molecule has 3 rings (SSSR count). The second-order valence-corrected chi connectivity index (χ2v) is 7.14. The van der Waals surface area contributed by atoms with Gasteiger partial charge in [-0.1, -0.05) is 39.7 Å². The molecule has 0 bridgehead atoms. The van der Waals surface area contributed by atoms with Crippen LogP contribution in [0.5, 0.6) is 0 Å². The van der Waals surface area contributed by atoms with Gasteiger partial charge in [0.25, 0.3) is 5.91 Å². The molecule has 1 heterocycles. The molecule has 0 atom stereocenters. The maximum Gasteiger partial charge on any atom is 0.272 e. The fraction of sp³-hybridized carbons (Fsp3) is 0.100. The third-order valence-electron chi connectivity index (χ3n) is 4.04. The Labute approximate surface area is 165 Å². The number of halogens is 2. The lowest BCUT2D eigenvalue weighted by atomic mass is 10.2. The molecule has 0 radical (unpaired) electrons. The summed E-state index contributed by atoms with van der Waals surface area (Å²) in [6, 6.07) is 17.0. The Balaban J connectivity index is 1.79. The van der Waals surface area contributed by atoms with Crippen LogP contribution < -0.4 is 5.43 Å². The van der Waals surface area contributed by atoms with E-state index >= 15 is 0 Å². The number of amides is 1. The van der Waals surface area contributed by atoms with Crippen LogP contribution in [-0.4, -0.2) is 16.7 Å². The molecular formula is C20H17BrClN3O. The van der Waals surface area contributed by atoms with Crippen molar-refractivity contribution in [3.05, 3.63) is 86.6 Å². The lowest BCUT2D eigenvalue weighted by molar-refractivity contribution is 0.0955. The average molecular weight is 431 g/mol. The minimum absolute atomic E-state index is 0.339. The molecule has 0 aliphatic carbocycles. The largest absolute Gasteiger partial charge is 0.318 e. The highest BCUT2D eigenvalue weighted by Crippen LogP contribution is 2.21. The van der Waals surface area contributed by atoms with Crippen LogP contribution >= 0.6 is 27.5 Å². The summed E-state index contributed by atoms with van der Waals surface area (Å²) in [5.74, 6) is -0.339. The topological polar surface area (TPSA) is 46.4 Å². The van der Waals surface area contributed by atoms with Crippen molar-refractivity contribution in [3.63, 3.8) is 0 Å². The van der Waals surface area contributed by atoms with Crippen LogP contribution in [-0.2, 0) is 0 Å². The number of hydrazone groups is 1. The van der Waals surface area contributed by atoms with Gasteiger partial charge in [-0.25, -0.2) is 5.43 Å². The first-order valence-electron chi connectivity index (χ1n) is 8.00. The molecule has 1 aromatic heterocycles. The number of hydrogen-bond donors (Lipinski definition) is 1. The number of benzene rings is 2. The molecule has 26 heavy (non-hydrogen) atoms. The van der Waals surface area contributed by atoms with Crippen LogP contribution in [0, 0.1) is 13.8 Å². The smallest absolute Gasteiger partial charge is 0.272 e. The Morgan fingerprint density at radius 1 is 1.15 bits per heavy atom. The zero-order valence-electron chi connectivity index (χ0n) is 14.3. The molecule has 0 saturated carbocycles. The Bertz CT molecular complexity index is 977. The van der Waals surface area contributed by atoms with Gasteiger partial charge in [-0.2, -0.15) is 5.10 Å². The number of aromatic nitrogens is 1. The first-order valence-corrected chi connectivity index (χ1v) is 9.17. The molecule has 6 heteroatoms. The molecule has 0 spiro atoms. The van der Waals surface area contributed by atoms with Gasteiger partial charge in [0.15, 0.2) is 0 Å². The van der Waals surface area contributed by atoms with E-state index in [-0.39, 0.29) is 5.91 Å². The van der Waals surface area contributed by atoms with E-state index in [0.717, 1.165) is 27.1 Å². The van der Waals surface area contributed by atoms with Crippen molar-refractivity contribution < 1.29 is 4.79 Å². The Kier molecular flexibility index (Phi) is 5.59. The molecule has 132 valence electrons. The monoisotopic (exact) mass is 429 g/mol. The molecule has 0 aliphatic heterocycles. The molecule has 3 aromatic rings. The van der Waals surface area contributed by atoms with Gasteiger partial charge in [0.1, 0.15) is 0 Å². The lowest BCUT2D eigenvalue weighted by Crippen LogP contribution is -2.18. The summed E-state index contributed by atoms with van der Waals surface area (Å²) in [5, 5.41) is 4.47. The molecule has 2 aromatic carbocycles. The summed E-state index contributed by atoms with van der Waals surface area (Å²) in [6.07, 6.45) is 1.65. The quantitative estimate of drug-likeness (QED) is 0.444. The standard InChI is InChI=1S/C20H17BrClN3O/c1-13-11-15(14(2)25(13)17-9-7-16(21)8-10-17)12-23-24-20(26)18-5-3-4-6-19(18)22/h3-12H,1-2H3,(H,24,26)/b23-12-. The molecular weight excluding hydrogens is 414 g/mol. The predicted molar refractivity (Wildman–Crippen MR) is 109 cm³/mol. The van der Waals surface area contributed by atoms with Gasteiger partial charge in [-0.3, -0.25) is 4.79 Å². The van der Waals surface area contributed by atoms with Gasteiger partial charge in [0.2, 0.25) is 0 Å². The molecule has 0 aliphatic rings. The first-order chi connectivity index (χ1) is 12.5. The van der Waals surface area contributed by atoms with E-state index in [0.29, 0.717) is 10.6 Å². The van der Waals surface area contributed by atoms with Crippen LogP contribution in [0.25, 0.3) is 5.69 Å². The summed E-state index contributed by atoms with van der Waals surface area (Å²) < 4.78 is 3.18. The predicted octanol–water partition coefficient (Wildman–Crippen LogP) is 5.27. The average Bonchev–Trinajstić information content (AvgIpc) is 2.90. The minimum atomic E-state index is -0.339. The van der Waals surface area contributed by atoms with E-state index in [9.17, 15) is 4.79 Å². The highest BCUT2D eigenvalue weighted by atomic mass is 79.9. The Morgan fingerprint density at radius 2 is 1.85 bits per heavy atom. The summed E-state index contributed by atoms with van der Waals surface area (Å²) in [4.78, 5) is 12.1. The van der Waals surface area contributed by atoms with Crippen molar-refractivity contribution in [3.8, 4) is 5.69 Å². The Morgan fingerprint density at radius 3 is 2.54 bits per heavy atom. The fourth-order valence-corrected chi connectivity index (χ4v) is 3.26. The number of aryl methyl sites for hydroxylation is 1. The van der Waals surface area contributed by atoms with Gasteiger partial charge in [-0.05, 0) is 56.3 Å². The number of carbonyl (C=O) groups excluding carboxylic acids is 1. The van der Waals surface area contributed by atoms with Crippen LogP contribution in [0.15, 0.2) is 64.2 Å². The summed E-state index contributed by atoms with van der Waals surface area (Å²) in [7, 11) is 0. The van der Waals surface area contributed by atoms with E-state index in [1.807, 2.05) is 44.2 Å². The van der Waals surface area contributed by atoms with Crippen molar-refractivity contribution in [2.24, 2.45) is 5.10 Å². The Hall–Kier alpha value is -2.37. The minimum Gasteiger partial charge on any atom is -0.318 e. The highest BCUT2D eigenvalue weighted by Gasteiger charge is 2.10. The van der Waals surface area contributed by atoms with Gasteiger partial charge in [0.05, 0.1) is 16.8 Å². The number of rotatable bonds is 4. The van der Waals surface area contributed by atoms with Crippen LogP contribution in [0.2, 0.25) is 5.02 Å². The normalized spacial score (nSPS) is 11.1. The zero-order valence-corrected chi connectivity index (χ0v) is 16.7. The van der Waals surface area contributed by atoms with Crippen LogP contribution in [0.1, 0.15) is 27.3 Å². The van der Waals surface area contributed by atoms with Crippen molar-refractivity contribution in [1.29, 1.82) is 0 Å². The lowest BCUT2D eigenvalue weighted by Gasteiger charge is -2.09. The van der Waals surface area contributed by atoms with Crippen molar-refractivity contribution in [2.75, 3.05) is 0 Å².